The second-order valence-electron chi connectivity index (χ2n) is 9.03. The zero-order chi connectivity index (χ0) is 26.3. The van der Waals surface area contributed by atoms with Crippen LogP contribution in [0.4, 0.5) is 10.3 Å². The highest BCUT2D eigenvalue weighted by molar-refractivity contribution is 5.79. The second-order valence-corrected chi connectivity index (χ2v) is 9.03. The van der Waals surface area contributed by atoms with Gasteiger partial charge in [-0.15, -0.1) is 0 Å². The van der Waals surface area contributed by atoms with Crippen LogP contribution < -0.4 is 5.32 Å². The molecule has 0 bridgehead atoms. The minimum atomic E-state index is -0.555. The third-order valence-electron chi connectivity index (χ3n) is 6.37. The number of methoxy groups -OCH3 is 1. The smallest absolute Gasteiger partial charge is 0.230 e. The molecule has 0 spiro atoms. The molecule has 5 rings (SSSR count). The number of carbonyl (C=O) groups is 1. The highest BCUT2D eigenvalue weighted by atomic mass is 19.1. The van der Waals surface area contributed by atoms with E-state index in [9.17, 15) is 9.18 Å². The van der Waals surface area contributed by atoms with Crippen molar-refractivity contribution in [3.63, 3.8) is 0 Å². The SMILES string of the molecule is COCCNc1nccc(-c2[nH]c(CC3OCC(C(=O)N4CCOCC4)CO3)nc2-c2ccc(F)cc2)n1. The lowest BCUT2D eigenvalue weighted by Crippen LogP contribution is -2.48. The van der Waals surface area contributed by atoms with Gasteiger partial charge in [0.05, 0.1) is 62.5 Å². The van der Waals surface area contributed by atoms with Crippen molar-refractivity contribution in [2.45, 2.75) is 12.7 Å². The summed E-state index contributed by atoms with van der Waals surface area (Å²) in [6.07, 6.45) is 1.45. The topological polar surface area (TPSA) is 124 Å². The molecule has 0 unspecified atom stereocenters. The van der Waals surface area contributed by atoms with E-state index in [0.29, 0.717) is 74.7 Å². The molecule has 11 nitrogen and oxygen atoms in total. The fraction of sp³-hybridized carbons (Fsp3) is 0.462. The minimum absolute atomic E-state index is 0.0318. The summed E-state index contributed by atoms with van der Waals surface area (Å²) in [7, 11) is 1.63. The van der Waals surface area contributed by atoms with Crippen LogP contribution in [0.15, 0.2) is 36.5 Å². The summed E-state index contributed by atoms with van der Waals surface area (Å²) in [6, 6.07) is 7.91. The lowest BCUT2D eigenvalue weighted by atomic mass is 10.1. The van der Waals surface area contributed by atoms with Gasteiger partial charge in [0, 0.05) is 38.5 Å². The van der Waals surface area contributed by atoms with E-state index in [2.05, 4.69) is 20.3 Å². The number of hydrogen-bond donors (Lipinski definition) is 2. The van der Waals surface area contributed by atoms with Gasteiger partial charge in [-0.25, -0.2) is 19.3 Å². The summed E-state index contributed by atoms with van der Waals surface area (Å²) in [5.41, 5.74) is 2.65. The number of hydrogen-bond acceptors (Lipinski definition) is 9. The number of nitrogens with one attached hydrogen (secondary N) is 2. The fourth-order valence-corrected chi connectivity index (χ4v) is 4.37. The molecule has 2 aliphatic heterocycles. The van der Waals surface area contributed by atoms with Gasteiger partial charge in [-0.05, 0) is 30.3 Å². The Bertz CT molecular complexity index is 1210. The van der Waals surface area contributed by atoms with Crippen LogP contribution in [0.25, 0.3) is 22.6 Å². The molecular weight excluding hydrogens is 495 g/mol. The monoisotopic (exact) mass is 526 g/mol. The van der Waals surface area contributed by atoms with Crippen LogP contribution in [0.5, 0.6) is 0 Å². The van der Waals surface area contributed by atoms with Gasteiger partial charge in [-0.3, -0.25) is 4.79 Å². The number of nitrogens with zero attached hydrogens (tertiary/aromatic N) is 4. The summed E-state index contributed by atoms with van der Waals surface area (Å²) >= 11 is 0. The molecule has 1 amide bonds. The van der Waals surface area contributed by atoms with E-state index in [-0.39, 0.29) is 30.9 Å². The standard InChI is InChI=1S/C26H31FN6O5/c1-35-11-8-29-26-28-7-6-20(30-26)24-23(17-2-4-19(27)5-3-17)31-21(32-24)14-22-37-15-18(16-38-22)25(34)33-9-12-36-13-10-33/h2-7,18,22H,8-16H2,1H3,(H,31,32)(H,28,29,30). The number of imidazole rings is 1. The highest BCUT2D eigenvalue weighted by Crippen LogP contribution is 2.30. The van der Waals surface area contributed by atoms with Gasteiger partial charge < -0.3 is 34.1 Å². The van der Waals surface area contributed by atoms with Crippen molar-refractivity contribution in [1.29, 1.82) is 0 Å². The molecule has 3 aromatic rings. The van der Waals surface area contributed by atoms with Crippen LogP contribution in [0.3, 0.4) is 0 Å². The Morgan fingerprint density at radius 2 is 1.92 bits per heavy atom. The maximum atomic E-state index is 13.6. The number of carbonyl (C=O) groups excluding carboxylic acids is 1. The van der Waals surface area contributed by atoms with Crippen molar-refractivity contribution in [3.8, 4) is 22.6 Å². The average molecular weight is 527 g/mol. The van der Waals surface area contributed by atoms with Crippen LogP contribution in [0, 0.1) is 11.7 Å². The molecule has 0 radical (unpaired) electrons. The molecular formula is C26H31FN6O5. The van der Waals surface area contributed by atoms with Crippen molar-refractivity contribution >= 4 is 11.9 Å². The molecule has 0 saturated carbocycles. The number of H-pyrrole nitrogens is 1. The number of morpholine rings is 1. The van der Waals surface area contributed by atoms with Gasteiger partial charge in [-0.2, -0.15) is 0 Å². The number of amides is 1. The molecule has 2 fully saturated rings. The predicted molar refractivity (Wildman–Crippen MR) is 136 cm³/mol. The number of anilines is 1. The van der Waals surface area contributed by atoms with Crippen LogP contribution >= 0.6 is 0 Å². The first kappa shape index (κ1) is 26.2. The Labute approximate surface area is 219 Å². The van der Waals surface area contributed by atoms with Gasteiger partial charge in [-0.1, -0.05) is 0 Å². The second kappa shape index (κ2) is 12.4. The Balaban J connectivity index is 1.31. The average Bonchev–Trinajstić information content (AvgIpc) is 3.38. The van der Waals surface area contributed by atoms with Gasteiger partial charge in [0.15, 0.2) is 6.29 Å². The van der Waals surface area contributed by atoms with Crippen molar-refractivity contribution in [1.82, 2.24) is 24.8 Å². The molecule has 202 valence electrons. The zero-order valence-corrected chi connectivity index (χ0v) is 21.2. The van der Waals surface area contributed by atoms with E-state index in [1.807, 2.05) is 0 Å². The number of aromatic amines is 1. The number of halogens is 1. The fourth-order valence-electron chi connectivity index (χ4n) is 4.37. The summed E-state index contributed by atoms with van der Waals surface area (Å²) in [4.78, 5) is 31.6. The molecule has 0 aliphatic carbocycles. The normalized spacial score (nSPS) is 19.9. The molecule has 0 atom stereocenters. The van der Waals surface area contributed by atoms with Crippen LogP contribution in [0.2, 0.25) is 0 Å². The van der Waals surface area contributed by atoms with E-state index < -0.39 is 6.29 Å². The van der Waals surface area contributed by atoms with Crippen molar-refractivity contribution < 1.29 is 28.1 Å². The third-order valence-corrected chi connectivity index (χ3v) is 6.37. The van der Waals surface area contributed by atoms with Crippen molar-refractivity contribution in [2.24, 2.45) is 5.92 Å². The van der Waals surface area contributed by atoms with Crippen molar-refractivity contribution in [2.75, 3.05) is 65.1 Å². The Morgan fingerprint density at radius 3 is 2.66 bits per heavy atom. The Kier molecular flexibility index (Phi) is 8.54. The molecule has 2 aromatic heterocycles. The first-order valence-corrected chi connectivity index (χ1v) is 12.6. The first-order chi connectivity index (χ1) is 18.6. The molecule has 2 aliphatic rings. The van der Waals surface area contributed by atoms with Crippen LogP contribution in [-0.2, 0) is 30.2 Å². The number of rotatable bonds is 9. The third kappa shape index (κ3) is 6.33. The van der Waals surface area contributed by atoms with E-state index in [0.717, 1.165) is 5.56 Å². The molecule has 4 heterocycles. The molecule has 2 saturated heterocycles. The summed E-state index contributed by atoms with van der Waals surface area (Å²) in [5, 5.41) is 3.12. The van der Waals surface area contributed by atoms with Gasteiger partial charge >= 0.3 is 0 Å². The summed E-state index contributed by atoms with van der Waals surface area (Å²) < 4.78 is 35.8. The van der Waals surface area contributed by atoms with Crippen LogP contribution in [0.1, 0.15) is 5.82 Å². The van der Waals surface area contributed by atoms with Gasteiger partial charge in [0.25, 0.3) is 0 Å². The van der Waals surface area contributed by atoms with E-state index in [1.54, 1.807) is 36.4 Å². The lowest BCUT2D eigenvalue weighted by Gasteiger charge is -2.33. The number of aromatic nitrogens is 4. The maximum absolute atomic E-state index is 13.6. The number of benzene rings is 1. The Morgan fingerprint density at radius 1 is 1.16 bits per heavy atom. The molecule has 12 heteroatoms. The maximum Gasteiger partial charge on any atom is 0.230 e. The minimum Gasteiger partial charge on any atom is -0.383 e. The predicted octanol–water partition coefficient (Wildman–Crippen LogP) is 2.12. The van der Waals surface area contributed by atoms with E-state index in [4.69, 9.17) is 23.9 Å². The lowest BCUT2D eigenvalue weighted by molar-refractivity contribution is -0.205. The first-order valence-electron chi connectivity index (χ1n) is 12.6. The van der Waals surface area contributed by atoms with Gasteiger partial charge in [0.2, 0.25) is 11.9 Å². The van der Waals surface area contributed by atoms with E-state index >= 15 is 0 Å². The number of ether oxygens (including phenoxy) is 4. The van der Waals surface area contributed by atoms with Crippen LogP contribution in [-0.4, -0.2) is 96.8 Å². The van der Waals surface area contributed by atoms with E-state index in [1.165, 1.54) is 12.1 Å². The molecule has 1 aromatic carbocycles. The largest absolute Gasteiger partial charge is 0.383 e. The molecule has 2 N–H and O–H groups in total. The highest BCUT2D eigenvalue weighted by Gasteiger charge is 2.32. The summed E-state index contributed by atoms with van der Waals surface area (Å²) in [6.45, 7) is 3.92. The van der Waals surface area contributed by atoms with Crippen molar-refractivity contribution in [3.05, 3.63) is 48.2 Å². The zero-order valence-electron chi connectivity index (χ0n) is 21.2. The van der Waals surface area contributed by atoms with Gasteiger partial charge in [0.1, 0.15) is 11.6 Å². The quantitative estimate of drug-likeness (QED) is 0.404. The Hall–Kier alpha value is -3.45. The molecule has 38 heavy (non-hydrogen) atoms. The summed E-state index contributed by atoms with van der Waals surface area (Å²) in [5.74, 6) is 0.439.